The second kappa shape index (κ2) is 18.8. The molecule has 7 N–H and O–H groups in total. The molecule has 4 heterocycles. The molecule has 0 saturated carbocycles. The van der Waals surface area contributed by atoms with E-state index in [0.29, 0.717) is 66.5 Å². The molecule has 6 atom stereocenters. The van der Waals surface area contributed by atoms with Gasteiger partial charge >= 0.3 is 0 Å². The molecular formula is C52H55NO9S4. The maximum absolute atomic E-state index is 15.2. The van der Waals surface area contributed by atoms with Crippen LogP contribution in [0.5, 0.6) is 23.0 Å². The van der Waals surface area contributed by atoms with Crippen molar-refractivity contribution in [2.24, 2.45) is 5.92 Å². The number of aliphatic hydroxyl groups is 3. The first-order chi connectivity index (χ1) is 32.0. The highest BCUT2D eigenvalue weighted by Gasteiger charge is 2.45. The molecule has 5 bridgehead atoms. The van der Waals surface area contributed by atoms with Gasteiger partial charge in [0.05, 0.1) is 23.0 Å². The molecule has 6 unspecified atom stereocenters. The molecule has 0 spiro atoms. The second-order valence-electron chi connectivity index (χ2n) is 18.5. The summed E-state index contributed by atoms with van der Waals surface area (Å²) in [5, 5.41) is 76.3. The van der Waals surface area contributed by atoms with Crippen LogP contribution in [0.15, 0.2) is 69.9 Å². The average molecular weight is 966 g/mol. The average Bonchev–Trinajstić information content (AvgIpc) is 3.32. The van der Waals surface area contributed by atoms with E-state index in [4.69, 9.17) is 9.15 Å². The number of rotatable bonds is 7. The number of phenolic OH excluding ortho intramolecular Hbond substituents is 2. The van der Waals surface area contributed by atoms with Gasteiger partial charge < -0.3 is 45.1 Å². The smallest absolute Gasteiger partial charge is 0.238 e. The summed E-state index contributed by atoms with van der Waals surface area (Å²) in [5.41, 5.74) is 7.51. The zero-order chi connectivity index (χ0) is 46.0. The molecule has 10 rings (SSSR count). The Morgan fingerprint density at radius 1 is 0.909 bits per heavy atom. The fourth-order valence-electron chi connectivity index (χ4n) is 10.7. The molecule has 3 aliphatic heterocycles. The van der Waals surface area contributed by atoms with Crippen LogP contribution in [-0.2, 0) is 25.0 Å². The summed E-state index contributed by atoms with van der Waals surface area (Å²) in [6.45, 7) is 4.13. The second-order valence-corrected chi connectivity index (χ2v) is 23.6. The minimum Gasteiger partial charge on any atom is -0.507 e. The molecule has 1 saturated heterocycles. The van der Waals surface area contributed by atoms with E-state index in [1.54, 1.807) is 43.2 Å². The fourth-order valence-corrected chi connectivity index (χ4v) is 16.0. The molecular weight excluding hydrogens is 911 g/mol. The largest absolute Gasteiger partial charge is 0.507 e. The van der Waals surface area contributed by atoms with E-state index in [1.807, 2.05) is 37.4 Å². The van der Waals surface area contributed by atoms with Crippen LogP contribution in [0.25, 0.3) is 44.2 Å². The van der Waals surface area contributed by atoms with Crippen LogP contribution >= 0.6 is 43.2 Å². The van der Waals surface area contributed by atoms with E-state index in [2.05, 4.69) is 43.4 Å². The van der Waals surface area contributed by atoms with Gasteiger partial charge in [-0.15, -0.1) is 0 Å². The third-order valence-electron chi connectivity index (χ3n) is 13.8. The van der Waals surface area contributed by atoms with Gasteiger partial charge in [0.15, 0.2) is 5.76 Å². The summed E-state index contributed by atoms with van der Waals surface area (Å²) in [6.07, 6.45) is 0.585. The van der Waals surface area contributed by atoms with Crippen molar-refractivity contribution in [2.45, 2.75) is 100 Å². The van der Waals surface area contributed by atoms with Crippen LogP contribution in [0.4, 0.5) is 0 Å². The Bertz CT molecular complexity index is 2920. The van der Waals surface area contributed by atoms with Crippen LogP contribution in [0.1, 0.15) is 101 Å². The van der Waals surface area contributed by atoms with E-state index < -0.39 is 35.4 Å². The fraction of sp³-hybridized carbons (Fsp3) is 0.404. The minimum absolute atomic E-state index is 0.00374. The standard InChI is InChI=1S/C52H55NO9S4/c1-25(2)16-29-20-33(36-23-64-65-24-37(53-3)28-9-4-8-26(17-28)18-32(36)46(29)57)50-49(60)48(59)45-41(62-50)22-39(56)44-34-19-27(10-6-14-54)30-11-5-12-31-42(30)43(34)35-21-40(61-51(44)45)38(55)13-7-15-63-66-52(31)47(35)58/h4-5,8-9,11-12,17,19-20,22,25,35,37-38,40,47,52-58,60H,6-7,10,13-16,18,21,23-24H2,1-3H3. The first-order valence-electron chi connectivity index (χ1n) is 22.9. The van der Waals surface area contributed by atoms with Gasteiger partial charge in [0.2, 0.25) is 11.2 Å². The highest BCUT2D eigenvalue weighted by Crippen LogP contribution is 2.59. The number of aryl methyl sites for hydroxylation is 1. The topological polar surface area (TPSA) is 173 Å². The van der Waals surface area contributed by atoms with Crippen molar-refractivity contribution >= 4 is 64.9 Å². The number of aliphatic hydroxyl groups excluding tert-OH is 3. The van der Waals surface area contributed by atoms with Crippen LogP contribution in [0.3, 0.4) is 0 Å². The van der Waals surface area contributed by atoms with Crippen LogP contribution in [-0.4, -0.2) is 74.1 Å². The molecule has 66 heavy (non-hydrogen) atoms. The summed E-state index contributed by atoms with van der Waals surface area (Å²) in [7, 11) is 8.61. The molecule has 10 nitrogen and oxygen atoms in total. The molecule has 4 aliphatic rings. The van der Waals surface area contributed by atoms with Crippen molar-refractivity contribution in [2.75, 3.05) is 25.2 Å². The van der Waals surface area contributed by atoms with Crippen molar-refractivity contribution in [3.05, 3.63) is 115 Å². The van der Waals surface area contributed by atoms with Gasteiger partial charge in [0.25, 0.3) is 0 Å². The van der Waals surface area contributed by atoms with Gasteiger partial charge in [0, 0.05) is 59.4 Å². The predicted octanol–water partition coefficient (Wildman–Crippen LogP) is 10.5. The van der Waals surface area contributed by atoms with E-state index in [-0.39, 0.29) is 69.8 Å². The summed E-state index contributed by atoms with van der Waals surface area (Å²) < 4.78 is 13.6. The monoisotopic (exact) mass is 965 g/mol. The van der Waals surface area contributed by atoms with E-state index in [9.17, 15) is 30.6 Å². The lowest BCUT2D eigenvalue weighted by molar-refractivity contribution is 0.00975. The predicted molar refractivity (Wildman–Crippen MR) is 270 cm³/mol. The molecule has 1 aliphatic carbocycles. The Morgan fingerprint density at radius 2 is 1.73 bits per heavy atom. The summed E-state index contributed by atoms with van der Waals surface area (Å²) >= 11 is 0. The summed E-state index contributed by atoms with van der Waals surface area (Å²) in [4.78, 5) is 15.2. The minimum atomic E-state index is -0.976. The Kier molecular flexibility index (Phi) is 13.1. The lowest BCUT2D eigenvalue weighted by atomic mass is 9.71. The van der Waals surface area contributed by atoms with Crippen molar-refractivity contribution in [3.63, 3.8) is 0 Å². The molecule has 0 amide bonds. The van der Waals surface area contributed by atoms with Gasteiger partial charge in [-0.1, -0.05) is 99.5 Å². The van der Waals surface area contributed by atoms with Crippen molar-refractivity contribution in [3.8, 4) is 45.4 Å². The Hall–Kier alpha value is -3.99. The Labute approximate surface area is 399 Å². The summed E-state index contributed by atoms with van der Waals surface area (Å²) in [6, 6.07) is 19.8. The molecule has 1 fully saturated rings. The Balaban J connectivity index is 1.24. The molecule has 14 heteroatoms. The summed E-state index contributed by atoms with van der Waals surface area (Å²) in [5.74, 6) is 0.891. The number of nitrogens with one attached hydrogen (secondary N) is 1. The molecule has 0 radical (unpaired) electrons. The van der Waals surface area contributed by atoms with E-state index >= 15 is 4.79 Å². The van der Waals surface area contributed by atoms with Gasteiger partial charge in [-0.05, 0) is 119 Å². The first-order valence-corrected chi connectivity index (χ1v) is 27.8. The third kappa shape index (κ3) is 8.06. The van der Waals surface area contributed by atoms with Crippen LogP contribution in [0, 0.1) is 5.92 Å². The van der Waals surface area contributed by atoms with Crippen molar-refractivity contribution < 1.29 is 39.8 Å². The van der Waals surface area contributed by atoms with Gasteiger partial charge in [-0.3, -0.25) is 4.79 Å². The number of fused-ring (bicyclic) bond motifs is 10. The maximum atomic E-state index is 15.2. The van der Waals surface area contributed by atoms with E-state index in [0.717, 1.165) is 55.7 Å². The molecule has 6 aromatic rings. The molecule has 1 aromatic heterocycles. The number of hydrogen-bond donors (Lipinski definition) is 7. The van der Waals surface area contributed by atoms with Gasteiger partial charge in [0.1, 0.15) is 34.3 Å². The normalized spacial score (nSPS) is 22.8. The lowest BCUT2D eigenvalue weighted by Gasteiger charge is -2.41. The number of ether oxygens (including phenoxy) is 1. The van der Waals surface area contributed by atoms with Crippen molar-refractivity contribution in [1.29, 1.82) is 0 Å². The number of aromatic hydroxyl groups is 3. The number of hydrogen-bond acceptors (Lipinski definition) is 14. The molecule has 5 aromatic carbocycles. The zero-order valence-electron chi connectivity index (χ0n) is 37.1. The SMILES string of the molecule is CNC1CSSCc2c(-c3oc4cc(O)c5c(c4c(=O)c3O)OC3CC4c6c-5cc(CCCO)c5cccc(c65)C(SSCCCC3O)C4O)cc(CC(C)C)c(O)c2Cc2cccc1c2. The van der Waals surface area contributed by atoms with Crippen LogP contribution < -0.4 is 15.5 Å². The quantitative estimate of drug-likeness (QED) is 0.0754. The Morgan fingerprint density at radius 3 is 2.53 bits per heavy atom. The van der Waals surface area contributed by atoms with Crippen LogP contribution in [0.2, 0.25) is 0 Å². The highest BCUT2D eigenvalue weighted by atomic mass is 33.1. The van der Waals surface area contributed by atoms with Crippen molar-refractivity contribution in [1.82, 2.24) is 5.32 Å². The van der Waals surface area contributed by atoms with Gasteiger partial charge in [-0.2, -0.15) is 0 Å². The number of benzene rings is 5. The molecule has 346 valence electrons. The van der Waals surface area contributed by atoms with E-state index in [1.165, 1.54) is 6.07 Å². The highest BCUT2D eigenvalue weighted by molar-refractivity contribution is 8.77. The van der Waals surface area contributed by atoms with Gasteiger partial charge in [-0.25, -0.2) is 0 Å². The number of phenols is 2. The lowest BCUT2D eigenvalue weighted by Crippen LogP contribution is -2.39. The maximum Gasteiger partial charge on any atom is 0.238 e. The third-order valence-corrected chi connectivity index (χ3v) is 19.0. The zero-order valence-corrected chi connectivity index (χ0v) is 40.4. The first kappa shape index (κ1) is 45.8.